The Morgan fingerprint density at radius 2 is 0.956 bits per heavy atom. The molecular formula is C33H44F6N4O2+2. The number of quaternary nitrogens is 2. The maximum atomic E-state index is 14.7. The Balaban J connectivity index is 2.31. The van der Waals surface area contributed by atoms with Crippen molar-refractivity contribution in [3.05, 3.63) is 96.1 Å². The summed E-state index contributed by atoms with van der Waals surface area (Å²) in [6.07, 6.45) is -7.78. The molecule has 12 heteroatoms. The summed E-state index contributed by atoms with van der Waals surface area (Å²) < 4.78 is 89.0. The number of carbonyl (C=O) groups is 2. The van der Waals surface area contributed by atoms with Crippen LogP contribution in [0.2, 0.25) is 0 Å². The monoisotopic (exact) mass is 642 g/mol. The van der Waals surface area contributed by atoms with Crippen LogP contribution in [0.5, 0.6) is 0 Å². The highest BCUT2D eigenvalue weighted by Crippen LogP contribution is 2.56. The minimum absolute atomic E-state index is 0.297. The second kappa shape index (κ2) is 15.1. The van der Waals surface area contributed by atoms with Crippen molar-refractivity contribution in [3.8, 4) is 0 Å². The molecule has 0 aromatic heterocycles. The van der Waals surface area contributed by atoms with Crippen molar-refractivity contribution in [2.24, 2.45) is 0 Å². The Hall–Kier alpha value is -3.64. The number of carbonyl (C=O) groups excluding carboxylic acids is 2. The number of benzene rings is 2. The second-order valence-electron chi connectivity index (χ2n) is 12.5. The predicted molar refractivity (Wildman–Crippen MR) is 163 cm³/mol. The van der Waals surface area contributed by atoms with Crippen LogP contribution in [0, 0.1) is 0 Å². The van der Waals surface area contributed by atoms with Gasteiger partial charge < -0.3 is 19.6 Å². The molecule has 0 spiro atoms. The van der Waals surface area contributed by atoms with Crippen molar-refractivity contribution in [2.75, 3.05) is 54.4 Å². The number of hydrogen-bond acceptors (Lipinski definition) is 2. The smallest absolute Gasteiger partial charge is 0.352 e. The fourth-order valence-corrected chi connectivity index (χ4v) is 5.43. The van der Waals surface area contributed by atoms with Crippen LogP contribution in [0.3, 0.4) is 0 Å². The van der Waals surface area contributed by atoms with Crippen molar-refractivity contribution in [1.82, 2.24) is 10.6 Å². The predicted octanol–water partition coefficient (Wildman–Crippen LogP) is 5.63. The highest BCUT2D eigenvalue weighted by Gasteiger charge is 2.72. The van der Waals surface area contributed by atoms with Crippen molar-refractivity contribution in [1.29, 1.82) is 0 Å². The fraction of sp³-hybridized carbons (Fsp3) is 0.455. The summed E-state index contributed by atoms with van der Waals surface area (Å²) in [5.74, 6) is -0.594. The van der Waals surface area contributed by atoms with Crippen molar-refractivity contribution < 1.29 is 44.9 Å². The summed E-state index contributed by atoms with van der Waals surface area (Å²) in [4.78, 5) is 22.6. The van der Waals surface area contributed by atoms with Gasteiger partial charge in [-0.3, -0.25) is 9.59 Å². The Morgan fingerprint density at radius 3 is 1.22 bits per heavy atom. The van der Waals surface area contributed by atoms with Crippen LogP contribution in [0.15, 0.2) is 73.8 Å². The van der Waals surface area contributed by atoms with Crippen LogP contribution < -0.4 is 10.6 Å². The normalized spacial score (nSPS) is 12.8. The summed E-state index contributed by atoms with van der Waals surface area (Å²) in [5.41, 5.74) is -4.88. The van der Waals surface area contributed by atoms with E-state index in [2.05, 4.69) is 23.8 Å². The molecule has 0 saturated heterocycles. The molecule has 0 fully saturated rings. The van der Waals surface area contributed by atoms with Gasteiger partial charge in [-0.2, -0.15) is 26.3 Å². The van der Waals surface area contributed by atoms with Gasteiger partial charge in [-0.15, -0.1) is 0 Å². The molecule has 0 aliphatic rings. The van der Waals surface area contributed by atoms with E-state index in [1.807, 2.05) is 28.2 Å². The third-order valence-corrected chi connectivity index (χ3v) is 7.70. The molecule has 248 valence electrons. The first kappa shape index (κ1) is 37.5. The van der Waals surface area contributed by atoms with Gasteiger partial charge in [0.25, 0.3) is 0 Å². The van der Waals surface area contributed by atoms with Crippen LogP contribution in [-0.4, -0.2) is 87.5 Å². The molecule has 2 aromatic carbocycles. The zero-order valence-corrected chi connectivity index (χ0v) is 26.3. The van der Waals surface area contributed by atoms with Crippen molar-refractivity contribution in [2.45, 2.75) is 43.7 Å². The summed E-state index contributed by atoms with van der Waals surface area (Å²) in [6.45, 7) is 9.55. The highest BCUT2D eigenvalue weighted by molar-refractivity contribution is 5.87. The number of alkyl halides is 6. The van der Waals surface area contributed by atoms with E-state index in [9.17, 15) is 35.9 Å². The minimum Gasteiger partial charge on any atom is -0.352 e. The maximum absolute atomic E-state index is 14.7. The average Bonchev–Trinajstić information content (AvgIpc) is 2.93. The molecule has 0 aliphatic heterocycles. The van der Waals surface area contributed by atoms with Gasteiger partial charge in [0.1, 0.15) is 13.1 Å². The van der Waals surface area contributed by atoms with Crippen LogP contribution >= 0.6 is 0 Å². The van der Waals surface area contributed by atoms with Crippen LogP contribution in [-0.2, 0) is 28.1 Å². The first-order chi connectivity index (χ1) is 20.8. The number of hydrogen-bond donors (Lipinski definition) is 2. The largest absolute Gasteiger partial charge is 0.411 e. The van der Waals surface area contributed by atoms with E-state index in [1.54, 1.807) is 0 Å². The Bertz CT molecular complexity index is 1200. The van der Waals surface area contributed by atoms with Crippen LogP contribution in [0.4, 0.5) is 26.3 Å². The summed E-state index contributed by atoms with van der Waals surface area (Å²) in [5, 5.41) is 5.34. The molecule has 0 saturated carbocycles. The average molecular weight is 643 g/mol. The van der Waals surface area contributed by atoms with E-state index in [1.165, 1.54) is 24.3 Å². The first-order valence-corrected chi connectivity index (χ1v) is 14.5. The van der Waals surface area contributed by atoms with Crippen molar-refractivity contribution in [3.63, 3.8) is 0 Å². The summed E-state index contributed by atoms with van der Waals surface area (Å²) in [7, 11) is 7.56. The minimum atomic E-state index is -5.68. The van der Waals surface area contributed by atoms with E-state index in [-0.39, 0.29) is 11.8 Å². The molecule has 0 heterocycles. The van der Waals surface area contributed by atoms with E-state index in [0.717, 1.165) is 36.4 Å². The lowest BCUT2D eigenvalue weighted by Gasteiger charge is -2.38. The lowest BCUT2D eigenvalue weighted by Crippen LogP contribution is -2.54. The molecule has 0 aliphatic carbocycles. The third-order valence-electron chi connectivity index (χ3n) is 7.70. The molecule has 2 amide bonds. The highest BCUT2D eigenvalue weighted by atomic mass is 19.4. The summed E-state index contributed by atoms with van der Waals surface area (Å²) in [6, 6.07) is 8.91. The second-order valence-corrected chi connectivity index (χ2v) is 12.5. The van der Waals surface area contributed by atoms with Gasteiger partial charge in [0.15, 0.2) is 0 Å². The standard InChI is InChI=1S/C33H42F6N4O2/c1-7-29(44)40-19-9-21-42(3,4)23-25-11-15-27(16-12-25)31(32(34,35)36,33(37,38)39)28-17-13-26(14-18-28)24-43(5,6)22-10-20-41-30(45)8-2/h7-8,11-18H,1-2,9-10,19-24H2,3-6H3/p+2. The van der Waals surface area contributed by atoms with Gasteiger partial charge in [0.05, 0.1) is 41.3 Å². The molecule has 45 heavy (non-hydrogen) atoms. The quantitative estimate of drug-likeness (QED) is 0.108. The van der Waals surface area contributed by atoms with Gasteiger partial charge in [-0.05, 0) is 23.3 Å². The van der Waals surface area contributed by atoms with E-state index in [4.69, 9.17) is 0 Å². The molecule has 0 unspecified atom stereocenters. The fourth-order valence-electron chi connectivity index (χ4n) is 5.43. The zero-order valence-electron chi connectivity index (χ0n) is 26.3. The van der Waals surface area contributed by atoms with Crippen molar-refractivity contribution >= 4 is 11.8 Å². The van der Waals surface area contributed by atoms with E-state index >= 15 is 0 Å². The van der Waals surface area contributed by atoms with Gasteiger partial charge in [0, 0.05) is 37.1 Å². The van der Waals surface area contributed by atoms with Crippen LogP contribution in [0.25, 0.3) is 0 Å². The third kappa shape index (κ3) is 10.2. The number of nitrogens with one attached hydrogen (secondary N) is 2. The number of nitrogens with zero attached hydrogens (tertiary/aromatic N) is 2. The molecule has 0 bridgehead atoms. The topological polar surface area (TPSA) is 58.2 Å². The number of halogens is 6. The van der Waals surface area contributed by atoms with Gasteiger partial charge in [-0.25, -0.2) is 0 Å². The molecule has 0 radical (unpaired) electrons. The molecule has 2 rings (SSSR count). The lowest BCUT2D eigenvalue weighted by atomic mass is 9.72. The SMILES string of the molecule is C=CC(=O)NCCC[N+](C)(C)Cc1ccc(C(c2ccc(C[N+](C)(C)CCCNC(=O)C=C)cc2)(C(F)(F)F)C(F)(F)F)cc1. The Kier molecular flexibility index (Phi) is 12.6. The number of rotatable bonds is 16. The van der Waals surface area contributed by atoms with Gasteiger partial charge in [0.2, 0.25) is 17.2 Å². The lowest BCUT2D eigenvalue weighted by molar-refractivity contribution is -0.903. The molecule has 2 aromatic rings. The van der Waals surface area contributed by atoms with E-state index in [0.29, 0.717) is 72.2 Å². The molecule has 6 nitrogen and oxygen atoms in total. The zero-order chi connectivity index (χ0) is 34.1. The Labute approximate surface area is 261 Å². The summed E-state index contributed by atoms with van der Waals surface area (Å²) >= 11 is 0. The van der Waals surface area contributed by atoms with Crippen LogP contribution in [0.1, 0.15) is 35.1 Å². The maximum Gasteiger partial charge on any atom is 0.411 e. The van der Waals surface area contributed by atoms with Gasteiger partial charge in [-0.1, -0.05) is 61.7 Å². The number of amides is 2. The molecule has 0 atom stereocenters. The molecule has 2 N–H and O–H groups in total. The van der Waals surface area contributed by atoms with E-state index < -0.39 is 28.9 Å². The molecular weight excluding hydrogens is 598 g/mol. The first-order valence-electron chi connectivity index (χ1n) is 14.5. The Morgan fingerprint density at radius 1 is 0.644 bits per heavy atom. The van der Waals surface area contributed by atoms with Gasteiger partial charge >= 0.3 is 12.4 Å².